The summed E-state index contributed by atoms with van der Waals surface area (Å²) < 4.78 is 0. The summed E-state index contributed by atoms with van der Waals surface area (Å²) in [5.41, 5.74) is 5.58. The second-order valence-electron chi connectivity index (χ2n) is 8.09. The van der Waals surface area contributed by atoms with E-state index in [-0.39, 0.29) is 17.2 Å². The summed E-state index contributed by atoms with van der Waals surface area (Å²) in [6.45, 7) is 6.28. The Bertz CT molecular complexity index is 1110. The summed E-state index contributed by atoms with van der Waals surface area (Å²) in [6, 6.07) is 23.4. The van der Waals surface area contributed by atoms with Gasteiger partial charge < -0.3 is 5.32 Å². The second kappa shape index (κ2) is 8.98. The van der Waals surface area contributed by atoms with Crippen LogP contribution < -0.4 is 10.2 Å². The number of anilines is 2. The monoisotopic (exact) mass is 430 g/mol. The molecule has 0 radical (unpaired) electrons. The van der Waals surface area contributed by atoms with Crippen LogP contribution in [-0.4, -0.2) is 17.6 Å². The van der Waals surface area contributed by atoms with Gasteiger partial charge in [-0.05, 0) is 54.3 Å². The number of nitrogens with zero attached hydrogens (tertiary/aromatic N) is 1. The molecule has 1 heterocycles. The number of nitrogens with one attached hydrogen (secondary N) is 1. The fourth-order valence-corrected chi connectivity index (χ4v) is 4.96. The number of benzene rings is 3. The smallest absolute Gasteiger partial charge is 0.255 e. The lowest BCUT2D eigenvalue weighted by atomic mass is 10.00. The molecule has 1 aliphatic heterocycles. The number of carbonyl (C=O) groups is 2. The minimum Gasteiger partial charge on any atom is -0.322 e. The number of amides is 2. The van der Waals surface area contributed by atoms with Gasteiger partial charge in [0.05, 0.1) is 5.75 Å². The molecule has 158 valence electrons. The lowest BCUT2D eigenvalue weighted by Gasteiger charge is -2.28. The molecule has 0 aromatic heterocycles. The molecular weight excluding hydrogens is 404 g/mol. The first-order valence-corrected chi connectivity index (χ1v) is 11.5. The van der Waals surface area contributed by atoms with Gasteiger partial charge in [0.2, 0.25) is 5.91 Å². The van der Waals surface area contributed by atoms with Crippen LogP contribution in [0.3, 0.4) is 0 Å². The van der Waals surface area contributed by atoms with Gasteiger partial charge >= 0.3 is 0 Å². The summed E-state index contributed by atoms with van der Waals surface area (Å²) in [4.78, 5) is 27.4. The largest absolute Gasteiger partial charge is 0.322 e. The van der Waals surface area contributed by atoms with E-state index in [1.54, 1.807) is 11.8 Å². The number of aryl methyl sites for hydroxylation is 1. The van der Waals surface area contributed by atoms with Gasteiger partial charge in [0, 0.05) is 16.9 Å². The van der Waals surface area contributed by atoms with Crippen molar-refractivity contribution in [2.75, 3.05) is 16.0 Å². The van der Waals surface area contributed by atoms with E-state index in [0.29, 0.717) is 17.2 Å². The Labute approximate surface area is 187 Å². The fraction of sp³-hybridized carbons (Fsp3) is 0.231. The maximum atomic E-state index is 12.8. The molecular formula is C26H26N2O2S. The van der Waals surface area contributed by atoms with Crippen LogP contribution in [0.25, 0.3) is 0 Å². The minimum absolute atomic E-state index is 0.109. The molecule has 0 aliphatic carbocycles. The molecule has 1 aliphatic rings. The zero-order chi connectivity index (χ0) is 22.0. The van der Waals surface area contributed by atoms with E-state index in [0.717, 1.165) is 28.1 Å². The number of hydrogen-bond donors (Lipinski definition) is 1. The van der Waals surface area contributed by atoms with Crippen molar-refractivity contribution >= 4 is 35.0 Å². The van der Waals surface area contributed by atoms with Gasteiger partial charge in [0.15, 0.2) is 0 Å². The van der Waals surface area contributed by atoms with Crippen LogP contribution >= 0.6 is 11.8 Å². The highest BCUT2D eigenvalue weighted by Crippen LogP contribution is 2.44. The van der Waals surface area contributed by atoms with Crippen LogP contribution in [-0.2, 0) is 4.79 Å². The molecule has 1 saturated heterocycles. The molecule has 4 nitrogen and oxygen atoms in total. The summed E-state index contributed by atoms with van der Waals surface area (Å²) in [7, 11) is 0. The SMILES string of the molecule is Cc1ccc(C(=O)Nc2cccc([C@@H]3SCC(=O)N3c3ccccc3C(C)C)c2)cc1. The van der Waals surface area contributed by atoms with Crippen LogP contribution in [0.15, 0.2) is 72.8 Å². The number of rotatable bonds is 5. The summed E-state index contributed by atoms with van der Waals surface area (Å²) >= 11 is 1.62. The van der Waals surface area contributed by atoms with Gasteiger partial charge in [0.1, 0.15) is 5.37 Å². The van der Waals surface area contributed by atoms with Crippen molar-refractivity contribution in [2.24, 2.45) is 0 Å². The van der Waals surface area contributed by atoms with E-state index in [4.69, 9.17) is 0 Å². The second-order valence-corrected chi connectivity index (χ2v) is 9.15. The van der Waals surface area contributed by atoms with Gasteiger partial charge in [-0.15, -0.1) is 11.8 Å². The average Bonchev–Trinajstić information content (AvgIpc) is 3.15. The van der Waals surface area contributed by atoms with Gasteiger partial charge in [0.25, 0.3) is 5.91 Å². The minimum atomic E-state index is -0.144. The van der Waals surface area contributed by atoms with Gasteiger partial charge in [-0.2, -0.15) is 0 Å². The first-order valence-electron chi connectivity index (χ1n) is 10.4. The third-order valence-corrected chi connectivity index (χ3v) is 6.64. The molecule has 1 N–H and O–H groups in total. The molecule has 31 heavy (non-hydrogen) atoms. The Morgan fingerprint density at radius 3 is 2.52 bits per heavy atom. The molecule has 0 spiro atoms. The Balaban J connectivity index is 1.61. The molecule has 3 aromatic carbocycles. The number of hydrogen-bond acceptors (Lipinski definition) is 3. The van der Waals surface area contributed by atoms with Crippen molar-refractivity contribution < 1.29 is 9.59 Å². The van der Waals surface area contributed by atoms with E-state index in [1.165, 1.54) is 0 Å². The van der Waals surface area contributed by atoms with Crippen LogP contribution in [0, 0.1) is 6.92 Å². The highest BCUT2D eigenvalue weighted by atomic mass is 32.2. The van der Waals surface area contributed by atoms with Crippen LogP contribution in [0.1, 0.15) is 52.2 Å². The van der Waals surface area contributed by atoms with Crippen molar-refractivity contribution in [1.29, 1.82) is 0 Å². The lowest BCUT2D eigenvalue weighted by molar-refractivity contribution is -0.115. The Morgan fingerprint density at radius 2 is 1.77 bits per heavy atom. The van der Waals surface area contributed by atoms with E-state index in [9.17, 15) is 9.59 Å². The topological polar surface area (TPSA) is 49.4 Å². The third kappa shape index (κ3) is 4.52. The highest BCUT2D eigenvalue weighted by molar-refractivity contribution is 8.00. The molecule has 2 amide bonds. The molecule has 1 fully saturated rings. The van der Waals surface area contributed by atoms with Crippen molar-refractivity contribution in [2.45, 2.75) is 32.1 Å². The van der Waals surface area contributed by atoms with E-state index in [2.05, 4.69) is 25.2 Å². The highest BCUT2D eigenvalue weighted by Gasteiger charge is 2.35. The predicted octanol–water partition coefficient (Wildman–Crippen LogP) is 6.15. The van der Waals surface area contributed by atoms with Gasteiger partial charge in [-0.3, -0.25) is 14.5 Å². The van der Waals surface area contributed by atoms with Crippen molar-refractivity contribution in [1.82, 2.24) is 0 Å². The van der Waals surface area contributed by atoms with Crippen molar-refractivity contribution in [3.05, 3.63) is 95.1 Å². The zero-order valence-electron chi connectivity index (χ0n) is 18.0. The average molecular weight is 431 g/mol. The normalized spacial score (nSPS) is 16.1. The quantitative estimate of drug-likeness (QED) is 0.528. The zero-order valence-corrected chi connectivity index (χ0v) is 18.8. The molecule has 4 rings (SSSR count). The summed E-state index contributed by atoms with van der Waals surface area (Å²) in [5, 5.41) is 2.86. The first kappa shape index (κ1) is 21.2. The van der Waals surface area contributed by atoms with Crippen LogP contribution in [0.5, 0.6) is 0 Å². The number of carbonyl (C=O) groups excluding carboxylic acids is 2. The fourth-order valence-electron chi connectivity index (χ4n) is 3.80. The number of thioether (sulfide) groups is 1. The standard InChI is InChI=1S/C26H26N2O2S/c1-17(2)22-9-4-5-10-23(22)28-24(29)16-31-26(28)20-7-6-8-21(15-20)27-25(30)19-13-11-18(3)12-14-19/h4-15,17,26H,16H2,1-3H3,(H,27,30)/t26-/m0/s1. The molecule has 1 atom stereocenters. The van der Waals surface area contributed by atoms with Crippen molar-refractivity contribution in [3.63, 3.8) is 0 Å². The maximum absolute atomic E-state index is 12.8. The Hall–Kier alpha value is -3.05. The van der Waals surface area contributed by atoms with Crippen molar-refractivity contribution in [3.8, 4) is 0 Å². The molecule has 3 aromatic rings. The molecule has 5 heteroatoms. The van der Waals surface area contributed by atoms with Crippen LogP contribution in [0.4, 0.5) is 11.4 Å². The summed E-state index contributed by atoms with van der Waals surface area (Å²) in [5.74, 6) is 0.721. The lowest BCUT2D eigenvalue weighted by Crippen LogP contribution is -2.29. The first-order chi connectivity index (χ1) is 14.9. The Morgan fingerprint density at radius 1 is 1.03 bits per heavy atom. The molecule has 0 saturated carbocycles. The molecule has 0 unspecified atom stereocenters. The Kier molecular flexibility index (Phi) is 6.14. The predicted molar refractivity (Wildman–Crippen MR) is 129 cm³/mol. The third-order valence-electron chi connectivity index (χ3n) is 5.43. The van der Waals surface area contributed by atoms with E-state index in [1.807, 2.05) is 78.6 Å². The number of para-hydroxylation sites is 1. The van der Waals surface area contributed by atoms with Gasteiger partial charge in [-0.25, -0.2) is 0 Å². The van der Waals surface area contributed by atoms with Crippen LogP contribution in [0.2, 0.25) is 0 Å². The van der Waals surface area contributed by atoms with Gasteiger partial charge in [-0.1, -0.05) is 61.9 Å². The van der Waals surface area contributed by atoms with E-state index < -0.39 is 0 Å². The maximum Gasteiger partial charge on any atom is 0.255 e. The summed E-state index contributed by atoms with van der Waals surface area (Å²) in [6.07, 6.45) is 0. The molecule has 0 bridgehead atoms. The van der Waals surface area contributed by atoms with E-state index >= 15 is 0 Å².